The molecule has 4 aliphatic heterocycles. The number of morpholine rings is 1. The van der Waals surface area contributed by atoms with Crippen molar-refractivity contribution in [3.05, 3.63) is 23.3 Å². The number of carbonyl (C=O) groups is 1. The third kappa shape index (κ3) is 4.80. The number of nitrogens with zero attached hydrogens (tertiary/aromatic N) is 2. The van der Waals surface area contributed by atoms with E-state index in [1.54, 1.807) is 12.0 Å². The molecule has 8 nitrogen and oxygen atoms in total. The third-order valence-electron chi connectivity index (χ3n) is 8.28. The highest BCUT2D eigenvalue weighted by molar-refractivity contribution is 5.70. The van der Waals surface area contributed by atoms with Gasteiger partial charge in [0.25, 0.3) is 0 Å². The van der Waals surface area contributed by atoms with Crippen LogP contribution in [-0.2, 0) is 23.7 Å². The maximum Gasteiger partial charge on any atom is 0.410 e. The normalized spacial score (nSPS) is 39.4. The van der Waals surface area contributed by atoms with Crippen molar-refractivity contribution in [1.29, 1.82) is 0 Å². The lowest BCUT2D eigenvalue weighted by molar-refractivity contribution is -0.122. The molecule has 5 aliphatic rings. The molecule has 1 amide bonds. The summed E-state index contributed by atoms with van der Waals surface area (Å²) in [7, 11) is 1.72. The molecule has 1 spiro atoms. The maximum absolute atomic E-state index is 12.9. The van der Waals surface area contributed by atoms with E-state index in [1.807, 2.05) is 0 Å². The minimum Gasteiger partial charge on any atom is -0.443 e. The number of epoxide rings is 2. The number of likely N-dealkylation sites (tertiary alicyclic amines) is 1. The Morgan fingerprint density at radius 3 is 2.62 bits per heavy atom. The zero-order valence-electron chi connectivity index (χ0n) is 21.1. The van der Waals surface area contributed by atoms with Gasteiger partial charge in [0, 0.05) is 39.8 Å². The van der Waals surface area contributed by atoms with Gasteiger partial charge in [-0.3, -0.25) is 4.90 Å². The first-order chi connectivity index (χ1) is 16.3. The van der Waals surface area contributed by atoms with Gasteiger partial charge in [0.2, 0.25) is 0 Å². The summed E-state index contributed by atoms with van der Waals surface area (Å²) in [5.74, 6) is 0.0486. The summed E-state index contributed by atoms with van der Waals surface area (Å²) < 4.78 is 29.7. The summed E-state index contributed by atoms with van der Waals surface area (Å²) in [5.41, 5.74) is 2.06. The van der Waals surface area contributed by atoms with Gasteiger partial charge in [-0.25, -0.2) is 4.79 Å². The van der Waals surface area contributed by atoms with E-state index in [2.05, 4.69) is 37.8 Å². The first-order valence-corrected chi connectivity index (χ1v) is 12.8. The first-order valence-electron chi connectivity index (χ1n) is 12.8. The van der Waals surface area contributed by atoms with Crippen LogP contribution in [0, 0.1) is 5.92 Å². The molecule has 4 saturated heterocycles. The molecular formula is C26H40N2O6. The van der Waals surface area contributed by atoms with Crippen molar-refractivity contribution in [2.75, 3.05) is 59.7 Å². The van der Waals surface area contributed by atoms with Crippen LogP contribution in [-0.4, -0.2) is 105 Å². The first kappa shape index (κ1) is 24.3. The standard InChI is InChI=1S/C26H40N2O6/c1-18(2)5-6-21-25(3,34-21)23-22(30-4)20(7-9-26(23)17-32-26)33-24(29)28-15-19(16-28)8-10-27-11-13-31-14-12-27/h5,8,20-23H,6-7,9-17H2,1-4H3/t20-,21-,22-,23-,25+,26+/m1/s1. The molecule has 0 bridgehead atoms. The number of hydrogen-bond acceptors (Lipinski definition) is 7. The second kappa shape index (κ2) is 9.54. The molecule has 1 saturated carbocycles. The molecule has 0 aromatic rings. The molecule has 5 fully saturated rings. The molecule has 4 heterocycles. The number of hydrogen-bond donors (Lipinski definition) is 0. The second-order valence-electron chi connectivity index (χ2n) is 10.9. The topological polar surface area (TPSA) is 76.3 Å². The van der Waals surface area contributed by atoms with Gasteiger partial charge in [0.1, 0.15) is 23.4 Å². The summed E-state index contributed by atoms with van der Waals surface area (Å²) in [4.78, 5) is 17.1. The summed E-state index contributed by atoms with van der Waals surface area (Å²) >= 11 is 0. The molecule has 0 unspecified atom stereocenters. The summed E-state index contributed by atoms with van der Waals surface area (Å²) in [6.07, 6.45) is 6.36. The largest absolute Gasteiger partial charge is 0.443 e. The highest BCUT2D eigenvalue weighted by Crippen LogP contribution is 2.59. The SMILES string of the molecule is CO[C@@H]1[C@H](OC(=O)N2CC(=CCN3CCOCC3)C2)CC[C@]2(CO2)[C@H]1[C@@]1(C)O[C@@H]1CC=C(C)C. The quantitative estimate of drug-likeness (QED) is 0.413. The fraction of sp³-hybridized carbons (Fsp3) is 0.808. The molecule has 0 aromatic heterocycles. The minimum absolute atomic E-state index is 0.0486. The van der Waals surface area contributed by atoms with Gasteiger partial charge in [0.15, 0.2) is 0 Å². The van der Waals surface area contributed by atoms with Gasteiger partial charge in [0.05, 0.1) is 31.8 Å². The maximum atomic E-state index is 12.9. The summed E-state index contributed by atoms with van der Waals surface area (Å²) in [6.45, 7) is 12.9. The Bertz CT molecular complexity index is 821. The predicted octanol–water partition coefficient (Wildman–Crippen LogP) is 2.77. The van der Waals surface area contributed by atoms with E-state index < -0.39 is 0 Å². The average molecular weight is 477 g/mol. The molecule has 0 N–H and O–H groups in total. The zero-order valence-corrected chi connectivity index (χ0v) is 21.1. The molecule has 5 rings (SSSR count). The third-order valence-corrected chi connectivity index (χ3v) is 8.28. The Hall–Kier alpha value is -1.45. The van der Waals surface area contributed by atoms with Crippen molar-refractivity contribution in [3.8, 4) is 0 Å². The van der Waals surface area contributed by atoms with Crippen LogP contribution in [0.3, 0.4) is 0 Å². The molecule has 0 aromatic carbocycles. The van der Waals surface area contributed by atoms with Gasteiger partial charge in [-0.1, -0.05) is 17.7 Å². The number of ether oxygens (including phenoxy) is 5. The van der Waals surface area contributed by atoms with E-state index in [0.717, 1.165) is 58.7 Å². The highest BCUT2D eigenvalue weighted by Gasteiger charge is 2.72. The average Bonchev–Trinajstić information content (AvgIpc) is 3.70. The lowest BCUT2D eigenvalue weighted by atomic mass is 9.68. The van der Waals surface area contributed by atoms with E-state index in [-0.39, 0.29) is 41.5 Å². The lowest BCUT2D eigenvalue weighted by Gasteiger charge is -2.43. The Morgan fingerprint density at radius 2 is 1.97 bits per heavy atom. The van der Waals surface area contributed by atoms with E-state index in [1.165, 1.54) is 11.1 Å². The van der Waals surface area contributed by atoms with E-state index >= 15 is 0 Å². The molecule has 0 radical (unpaired) electrons. The lowest BCUT2D eigenvalue weighted by Crippen LogP contribution is -2.57. The van der Waals surface area contributed by atoms with Gasteiger partial charge >= 0.3 is 6.09 Å². The van der Waals surface area contributed by atoms with Crippen LogP contribution in [0.25, 0.3) is 0 Å². The van der Waals surface area contributed by atoms with Crippen LogP contribution >= 0.6 is 0 Å². The predicted molar refractivity (Wildman–Crippen MR) is 127 cm³/mol. The molecule has 6 atom stereocenters. The van der Waals surface area contributed by atoms with Crippen molar-refractivity contribution in [2.45, 2.75) is 69.5 Å². The second-order valence-corrected chi connectivity index (χ2v) is 10.9. The Labute approximate surface area is 203 Å². The Morgan fingerprint density at radius 1 is 1.24 bits per heavy atom. The van der Waals surface area contributed by atoms with Crippen LogP contribution in [0.5, 0.6) is 0 Å². The molecule has 8 heteroatoms. The Balaban J connectivity index is 1.17. The van der Waals surface area contributed by atoms with Crippen molar-refractivity contribution in [2.24, 2.45) is 5.92 Å². The van der Waals surface area contributed by atoms with Crippen molar-refractivity contribution in [1.82, 2.24) is 9.80 Å². The van der Waals surface area contributed by atoms with Gasteiger partial charge in [-0.05, 0) is 45.6 Å². The van der Waals surface area contributed by atoms with Crippen LogP contribution in [0.15, 0.2) is 23.3 Å². The van der Waals surface area contributed by atoms with Crippen molar-refractivity contribution < 1.29 is 28.5 Å². The van der Waals surface area contributed by atoms with Gasteiger partial charge in [-0.15, -0.1) is 0 Å². The number of methoxy groups -OCH3 is 1. The smallest absolute Gasteiger partial charge is 0.410 e. The zero-order chi connectivity index (χ0) is 23.9. The van der Waals surface area contributed by atoms with Gasteiger partial charge in [-0.2, -0.15) is 0 Å². The van der Waals surface area contributed by atoms with Crippen LogP contribution in [0.2, 0.25) is 0 Å². The minimum atomic E-state index is -0.319. The van der Waals surface area contributed by atoms with Crippen molar-refractivity contribution >= 4 is 6.09 Å². The van der Waals surface area contributed by atoms with Gasteiger partial charge < -0.3 is 28.6 Å². The molecule has 190 valence electrons. The fourth-order valence-corrected chi connectivity index (χ4v) is 6.02. The van der Waals surface area contributed by atoms with E-state index in [9.17, 15) is 4.79 Å². The highest BCUT2D eigenvalue weighted by atomic mass is 16.6. The Kier molecular flexibility index (Phi) is 6.81. The van der Waals surface area contributed by atoms with E-state index in [4.69, 9.17) is 23.7 Å². The number of carbonyl (C=O) groups excluding carboxylic acids is 1. The fourth-order valence-electron chi connectivity index (χ4n) is 6.02. The molecule has 1 aliphatic carbocycles. The van der Waals surface area contributed by atoms with E-state index in [0.29, 0.717) is 13.1 Å². The number of rotatable bonds is 7. The summed E-state index contributed by atoms with van der Waals surface area (Å²) in [5, 5.41) is 0. The monoisotopic (exact) mass is 476 g/mol. The molecule has 34 heavy (non-hydrogen) atoms. The van der Waals surface area contributed by atoms with Crippen LogP contribution < -0.4 is 0 Å². The summed E-state index contributed by atoms with van der Waals surface area (Å²) in [6, 6.07) is 0. The van der Waals surface area contributed by atoms with Crippen LogP contribution in [0.1, 0.15) is 40.0 Å². The van der Waals surface area contributed by atoms with Crippen molar-refractivity contribution in [3.63, 3.8) is 0 Å². The number of amides is 1. The number of allylic oxidation sites excluding steroid dienone is 1. The van der Waals surface area contributed by atoms with Crippen LogP contribution in [0.4, 0.5) is 4.79 Å². The molecular weight excluding hydrogens is 436 g/mol.